The maximum atomic E-state index is 6.28. The van der Waals surface area contributed by atoms with Gasteiger partial charge in [-0.25, -0.2) is 4.98 Å². The molecule has 7 heteroatoms. The van der Waals surface area contributed by atoms with Crippen LogP contribution < -0.4 is 9.80 Å². The molecule has 0 radical (unpaired) electrons. The average Bonchev–Trinajstić information content (AvgIpc) is 3.02. The normalized spacial score (nSPS) is 15.4. The second-order valence-corrected chi connectivity index (χ2v) is 6.30. The molecule has 118 valence electrons. The first-order valence-corrected chi connectivity index (χ1v) is 8.49. The molecule has 0 saturated carbocycles. The fourth-order valence-electron chi connectivity index (χ4n) is 2.51. The Hall–Kier alpha value is -1.37. The Morgan fingerprint density at radius 1 is 1.18 bits per heavy atom. The Bertz CT molecular complexity index is 613. The molecule has 1 fully saturated rings. The molecule has 2 heterocycles. The van der Waals surface area contributed by atoms with E-state index >= 15 is 0 Å². The zero-order chi connectivity index (χ0) is 15.4. The molecule has 0 bridgehead atoms. The van der Waals surface area contributed by atoms with E-state index in [-0.39, 0.29) is 0 Å². The predicted molar refractivity (Wildman–Crippen MR) is 91.4 cm³/mol. The van der Waals surface area contributed by atoms with E-state index in [4.69, 9.17) is 16.3 Å². The average molecular weight is 339 g/mol. The third-order valence-corrected chi connectivity index (χ3v) is 4.86. The Morgan fingerprint density at radius 2 is 1.91 bits per heavy atom. The summed E-state index contributed by atoms with van der Waals surface area (Å²) >= 11 is 7.75. The fourth-order valence-corrected chi connectivity index (χ4v) is 3.53. The predicted octanol–water partition coefficient (Wildman–Crippen LogP) is 2.71. The lowest BCUT2D eigenvalue weighted by Crippen LogP contribution is -2.46. The largest absolute Gasteiger partial charge is 0.384 e. The van der Waals surface area contributed by atoms with E-state index in [9.17, 15) is 0 Å². The molecular formula is C15H19ClN4OS. The van der Waals surface area contributed by atoms with Gasteiger partial charge in [-0.15, -0.1) is 0 Å². The van der Waals surface area contributed by atoms with Crippen LogP contribution in [0.2, 0.25) is 5.02 Å². The molecule has 0 atom stereocenters. The molecule has 1 aromatic heterocycles. The van der Waals surface area contributed by atoms with Gasteiger partial charge >= 0.3 is 0 Å². The summed E-state index contributed by atoms with van der Waals surface area (Å²) in [6, 6.07) is 8.01. The van der Waals surface area contributed by atoms with E-state index in [2.05, 4.69) is 25.2 Å². The van der Waals surface area contributed by atoms with Crippen LogP contribution in [0.4, 0.5) is 10.8 Å². The Kier molecular flexibility index (Phi) is 5.12. The number of rotatable bonds is 5. The molecular weight excluding hydrogens is 320 g/mol. The summed E-state index contributed by atoms with van der Waals surface area (Å²) < 4.78 is 9.46. The molecule has 0 unspecified atom stereocenters. The number of hydrogen-bond acceptors (Lipinski definition) is 6. The minimum atomic E-state index is 0.663. The summed E-state index contributed by atoms with van der Waals surface area (Å²) in [5, 5.41) is 1.82. The molecule has 1 saturated heterocycles. The second kappa shape index (κ2) is 7.26. The lowest BCUT2D eigenvalue weighted by atomic mass is 10.2. The highest BCUT2D eigenvalue weighted by Crippen LogP contribution is 2.27. The van der Waals surface area contributed by atoms with Crippen LogP contribution >= 0.6 is 23.1 Å². The van der Waals surface area contributed by atoms with Crippen molar-refractivity contribution < 1.29 is 4.74 Å². The van der Waals surface area contributed by atoms with Crippen molar-refractivity contribution in [3.8, 4) is 0 Å². The van der Waals surface area contributed by atoms with Gasteiger partial charge in [0.05, 0.1) is 17.3 Å². The first-order chi connectivity index (χ1) is 10.8. The van der Waals surface area contributed by atoms with Crippen molar-refractivity contribution in [3.05, 3.63) is 35.1 Å². The van der Waals surface area contributed by atoms with Gasteiger partial charge < -0.3 is 14.5 Å². The number of piperazine rings is 1. The highest BCUT2D eigenvalue weighted by atomic mass is 35.5. The number of ether oxygens (including phenoxy) is 1. The summed E-state index contributed by atoms with van der Waals surface area (Å²) in [5.74, 6) is 0.871. The smallest absolute Gasteiger partial charge is 0.205 e. The number of para-hydroxylation sites is 1. The van der Waals surface area contributed by atoms with Gasteiger partial charge in [0.2, 0.25) is 5.13 Å². The molecule has 0 amide bonds. The van der Waals surface area contributed by atoms with E-state index in [1.54, 1.807) is 7.11 Å². The Labute approximate surface area is 139 Å². The van der Waals surface area contributed by atoms with E-state index in [1.807, 2.05) is 18.2 Å². The standard InChI is InChI=1S/C15H19ClN4OS/c1-21-11-6-14-17-15(22-18-14)20-9-7-19(8-10-20)13-5-3-2-4-12(13)16/h2-5H,6-11H2,1H3. The molecule has 22 heavy (non-hydrogen) atoms. The molecule has 3 rings (SSSR count). The van der Waals surface area contributed by atoms with E-state index in [1.165, 1.54) is 11.5 Å². The summed E-state index contributed by atoms with van der Waals surface area (Å²) in [7, 11) is 1.70. The maximum Gasteiger partial charge on any atom is 0.205 e. The van der Waals surface area contributed by atoms with Gasteiger partial charge in [-0.3, -0.25) is 0 Å². The van der Waals surface area contributed by atoms with Crippen LogP contribution in [0.3, 0.4) is 0 Å². The van der Waals surface area contributed by atoms with Crippen molar-refractivity contribution in [1.29, 1.82) is 0 Å². The summed E-state index contributed by atoms with van der Waals surface area (Å²) in [5.41, 5.74) is 1.11. The summed E-state index contributed by atoms with van der Waals surface area (Å²) in [6.07, 6.45) is 0.770. The fraction of sp³-hybridized carbons (Fsp3) is 0.467. The number of benzene rings is 1. The molecule has 0 N–H and O–H groups in total. The van der Waals surface area contributed by atoms with Crippen LogP contribution in [-0.2, 0) is 11.2 Å². The topological polar surface area (TPSA) is 41.5 Å². The van der Waals surface area contributed by atoms with E-state index in [0.717, 1.165) is 54.3 Å². The van der Waals surface area contributed by atoms with Crippen LogP contribution in [0.1, 0.15) is 5.82 Å². The Balaban J connectivity index is 1.60. The summed E-state index contributed by atoms with van der Waals surface area (Å²) in [4.78, 5) is 9.21. The maximum absolute atomic E-state index is 6.28. The number of halogens is 1. The number of methoxy groups -OCH3 is 1. The van der Waals surface area contributed by atoms with Crippen molar-refractivity contribution in [2.45, 2.75) is 6.42 Å². The van der Waals surface area contributed by atoms with Crippen LogP contribution in [0.5, 0.6) is 0 Å². The van der Waals surface area contributed by atoms with Crippen molar-refractivity contribution in [3.63, 3.8) is 0 Å². The highest BCUT2D eigenvalue weighted by molar-refractivity contribution is 7.09. The minimum Gasteiger partial charge on any atom is -0.384 e. The number of nitrogens with zero attached hydrogens (tertiary/aromatic N) is 4. The summed E-state index contributed by atoms with van der Waals surface area (Å²) in [6.45, 7) is 4.41. The SMILES string of the molecule is COCCc1nsc(N2CCN(c3ccccc3Cl)CC2)n1. The van der Waals surface area contributed by atoms with Crippen LogP contribution in [-0.4, -0.2) is 49.3 Å². The van der Waals surface area contributed by atoms with Gasteiger partial charge in [0.1, 0.15) is 5.82 Å². The Morgan fingerprint density at radius 3 is 2.64 bits per heavy atom. The van der Waals surface area contributed by atoms with Gasteiger partial charge in [-0.2, -0.15) is 4.37 Å². The first kappa shape index (κ1) is 15.5. The van der Waals surface area contributed by atoms with Gasteiger partial charge in [0.15, 0.2) is 0 Å². The van der Waals surface area contributed by atoms with Gasteiger partial charge in [-0.1, -0.05) is 23.7 Å². The lowest BCUT2D eigenvalue weighted by Gasteiger charge is -2.36. The van der Waals surface area contributed by atoms with Gasteiger partial charge in [0.25, 0.3) is 0 Å². The quantitative estimate of drug-likeness (QED) is 0.838. The highest BCUT2D eigenvalue weighted by Gasteiger charge is 2.21. The third-order valence-electron chi connectivity index (χ3n) is 3.73. The van der Waals surface area contributed by atoms with Crippen molar-refractivity contribution in [1.82, 2.24) is 9.36 Å². The minimum absolute atomic E-state index is 0.663. The number of hydrogen-bond donors (Lipinski definition) is 0. The monoisotopic (exact) mass is 338 g/mol. The van der Waals surface area contributed by atoms with E-state index < -0.39 is 0 Å². The van der Waals surface area contributed by atoms with Crippen molar-refractivity contribution in [2.75, 3.05) is 49.7 Å². The van der Waals surface area contributed by atoms with Crippen LogP contribution in [0.25, 0.3) is 0 Å². The van der Waals surface area contributed by atoms with Crippen molar-refractivity contribution >= 4 is 34.0 Å². The van der Waals surface area contributed by atoms with Crippen LogP contribution in [0.15, 0.2) is 24.3 Å². The first-order valence-electron chi connectivity index (χ1n) is 7.34. The molecule has 2 aromatic rings. The molecule has 0 aliphatic carbocycles. The van der Waals surface area contributed by atoms with Gasteiger partial charge in [-0.05, 0) is 12.1 Å². The number of anilines is 2. The number of aromatic nitrogens is 2. The van der Waals surface area contributed by atoms with Crippen molar-refractivity contribution in [2.24, 2.45) is 0 Å². The molecule has 1 aliphatic rings. The third kappa shape index (κ3) is 3.51. The van der Waals surface area contributed by atoms with Gasteiger partial charge in [0, 0.05) is 51.2 Å². The molecule has 1 aliphatic heterocycles. The zero-order valence-electron chi connectivity index (χ0n) is 12.5. The van der Waals surface area contributed by atoms with E-state index in [0.29, 0.717) is 6.61 Å². The second-order valence-electron chi connectivity index (χ2n) is 5.16. The zero-order valence-corrected chi connectivity index (χ0v) is 14.1. The molecule has 1 aromatic carbocycles. The lowest BCUT2D eigenvalue weighted by molar-refractivity contribution is 0.201. The van der Waals surface area contributed by atoms with Crippen LogP contribution in [0, 0.1) is 0 Å². The molecule has 0 spiro atoms. The molecule has 5 nitrogen and oxygen atoms in total.